The molecule has 0 spiro atoms. The lowest BCUT2D eigenvalue weighted by atomic mass is 9.65. The fourth-order valence-corrected chi connectivity index (χ4v) is 6.41. The minimum Gasteiger partial charge on any atom is -0.497 e. The average Bonchev–Trinajstić information content (AvgIpc) is 3.33. The number of ether oxygens (including phenoxy) is 1. The van der Waals surface area contributed by atoms with Gasteiger partial charge in [0.2, 0.25) is 0 Å². The van der Waals surface area contributed by atoms with Crippen LogP contribution in [0.15, 0.2) is 48.5 Å². The Kier molecular flexibility index (Phi) is 5.69. The van der Waals surface area contributed by atoms with Crippen molar-refractivity contribution in [1.29, 1.82) is 0 Å². The van der Waals surface area contributed by atoms with Crippen LogP contribution in [0.5, 0.6) is 5.75 Å². The maximum absolute atomic E-state index is 14.0. The van der Waals surface area contributed by atoms with Gasteiger partial charge in [0.25, 0.3) is 5.91 Å². The Morgan fingerprint density at radius 2 is 1.85 bits per heavy atom. The molecule has 2 atom stereocenters. The number of nitrogens with zero attached hydrogens (tertiary/aromatic N) is 3. The van der Waals surface area contributed by atoms with Crippen molar-refractivity contribution in [3.8, 4) is 22.7 Å². The number of likely N-dealkylation sites (tertiary alicyclic amines) is 1. The number of carbonyl (C=O) groups is 1. The second-order valence-corrected chi connectivity index (χ2v) is 11.6. The SMILES string of the molecule is COc1cccc(-c2cc(C(=O)N3CC4(C)CC3CC(C)(C)C4)n(-c3ccc(Cl)c(Cl)c3)n2)c1. The summed E-state index contributed by atoms with van der Waals surface area (Å²) in [5.41, 5.74) is 3.16. The first kappa shape index (κ1) is 23.3. The van der Waals surface area contributed by atoms with Gasteiger partial charge in [-0.25, -0.2) is 4.68 Å². The van der Waals surface area contributed by atoms with Gasteiger partial charge in [0, 0.05) is 18.2 Å². The van der Waals surface area contributed by atoms with Gasteiger partial charge in [-0.1, -0.05) is 56.1 Å². The Balaban J connectivity index is 1.60. The molecule has 0 N–H and O–H groups in total. The highest BCUT2D eigenvalue weighted by Gasteiger charge is 2.51. The van der Waals surface area contributed by atoms with E-state index in [1.807, 2.05) is 36.4 Å². The molecule has 178 valence electrons. The lowest BCUT2D eigenvalue weighted by Gasteiger charge is -2.39. The van der Waals surface area contributed by atoms with Crippen LogP contribution in [0.1, 0.15) is 50.5 Å². The van der Waals surface area contributed by atoms with Crippen LogP contribution in [0, 0.1) is 10.8 Å². The molecule has 5 nitrogen and oxygen atoms in total. The maximum atomic E-state index is 14.0. The van der Waals surface area contributed by atoms with Crippen molar-refractivity contribution in [2.75, 3.05) is 13.7 Å². The summed E-state index contributed by atoms with van der Waals surface area (Å²) in [5.74, 6) is 0.733. The molecule has 2 aromatic carbocycles. The van der Waals surface area contributed by atoms with Gasteiger partial charge in [0.15, 0.2) is 0 Å². The topological polar surface area (TPSA) is 47.4 Å². The Bertz CT molecular complexity index is 1270. The molecule has 0 radical (unpaired) electrons. The van der Waals surface area contributed by atoms with Gasteiger partial charge in [0.05, 0.1) is 28.5 Å². The summed E-state index contributed by atoms with van der Waals surface area (Å²) in [5, 5.41) is 5.71. The van der Waals surface area contributed by atoms with E-state index < -0.39 is 0 Å². The van der Waals surface area contributed by atoms with Crippen molar-refractivity contribution in [3.63, 3.8) is 0 Å². The van der Waals surface area contributed by atoms with Gasteiger partial charge in [-0.15, -0.1) is 0 Å². The number of aromatic nitrogens is 2. The fourth-order valence-electron chi connectivity index (χ4n) is 6.12. The predicted molar refractivity (Wildman–Crippen MR) is 136 cm³/mol. The van der Waals surface area contributed by atoms with E-state index in [0.29, 0.717) is 27.1 Å². The van der Waals surface area contributed by atoms with Gasteiger partial charge in [-0.3, -0.25) is 4.79 Å². The van der Waals surface area contributed by atoms with Crippen molar-refractivity contribution in [2.45, 2.75) is 46.1 Å². The quantitative estimate of drug-likeness (QED) is 0.393. The zero-order chi connectivity index (χ0) is 24.3. The maximum Gasteiger partial charge on any atom is 0.272 e. The minimum atomic E-state index is -0.000793. The molecule has 1 saturated carbocycles. The van der Waals surface area contributed by atoms with Gasteiger partial charge in [0.1, 0.15) is 11.4 Å². The van der Waals surface area contributed by atoms with E-state index >= 15 is 0 Å². The van der Waals surface area contributed by atoms with Gasteiger partial charge < -0.3 is 9.64 Å². The molecular weight excluding hydrogens is 469 g/mol. The molecule has 7 heteroatoms. The molecule has 1 amide bonds. The number of hydrogen-bond acceptors (Lipinski definition) is 3. The van der Waals surface area contributed by atoms with Gasteiger partial charge in [-0.2, -0.15) is 5.10 Å². The molecule has 2 unspecified atom stereocenters. The van der Waals surface area contributed by atoms with Crippen LogP contribution in [0.25, 0.3) is 16.9 Å². The van der Waals surface area contributed by atoms with Crippen LogP contribution in [-0.2, 0) is 0 Å². The summed E-state index contributed by atoms with van der Waals surface area (Å²) in [6.07, 6.45) is 3.19. The third-order valence-electron chi connectivity index (χ3n) is 7.12. The Morgan fingerprint density at radius 1 is 1.06 bits per heavy atom. The van der Waals surface area contributed by atoms with Crippen LogP contribution in [0.4, 0.5) is 0 Å². The van der Waals surface area contributed by atoms with E-state index in [9.17, 15) is 4.79 Å². The van der Waals surface area contributed by atoms with Crippen LogP contribution < -0.4 is 4.74 Å². The van der Waals surface area contributed by atoms with Crippen LogP contribution in [0.2, 0.25) is 10.0 Å². The molecule has 3 aromatic rings. The van der Waals surface area contributed by atoms with E-state index in [4.69, 9.17) is 33.0 Å². The van der Waals surface area contributed by atoms with Crippen LogP contribution >= 0.6 is 23.2 Å². The highest BCUT2D eigenvalue weighted by molar-refractivity contribution is 6.42. The van der Waals surface area contributed by atoms with E-state index in [2.05, 4.69) is 25.7 Å². The molecule has 1 saturated heterocycles. The molecule has 2 heterocycles. The zero-order valence-electron chi connectivity index (χ0n) is 19.9. The second kappa shape index (κ2) is 8.31. The molecular formula is C27H29Cl2N3O2. The molecule has 1 aliphatic heterocycles. The monoisotopic (exact) mass is 497 g/mol. The summed E-state index contributed by atoms with van der Waals surface area (Å²) >= 11 is 12.5. The van der Waals surface area contributed by atoms with E-state index in [-0.39, 0.29) is 22.8 Å². The molecule has 2 aliphatic rings. The highest BCUT2D eigenvalue weighted by atomic mass is 35.5. The summed E-state index contributed by atoms with van der Waals surface area (Å²) in [4.78, 5) is 16.1. The number of halogens is 2. The fraction of sp³-hybridized carbons (Fsp3) is 0.407. The largest absolute Gasteiger partial charge is 0.497 e. The van der Waals surface area contributed by atoms with E-state index in [0.717, 1.165) is 37.1 Å². The highest BCUT2D eigenvalue weighted by Crippen LogP contribution is 2.52. The summed E-state index contributed by atoms with van der Waals surface area (Å²) in [7, 11) is 1.63. The van der Waals surface area contributed by atoms with Crippen molar-refractivity contribution in [1.82, 2.24) is 14.7 Å². The average molecular weight is 498 g/mol. The molecule has 5 rings (SSSR count). The number of hydrogen-bond donors (Lipinski definition) is 0. The van der Waals surface area contributed by atoms with Gasteiger partial charge in [-0.05, 0) is 66.5 Å². The molecule has 1 aromatic heterocycles. The number of methoxy groups -OCH3 is 1. The number of rotatable bonds is 4. The number of fused-ring (bicyclic) bond motifs is 2. The summed E-state index contributed by atoms with van der Waals surface area (Å²) in [6, 6.07) is 15.1. The zero-order valence-corrected chi connectivity index (χ0v) is 21.5. The standard InChI is InChI=1S/C27H29Cl2N3O2/c1-26(2)13-19-14-27(3,15-26)16-31(19)25(33)24-12-23(17-6-5-7-20(10-17)34-4)30-32(24)18-8-9-21(28)22(29)11-18/h5-12,19H,13-16H2,1-4H3. The summed E-state index contributed by atoms with van der Waals surface area (Å²) in [6.45, 7) is 7.70. The third kappa shape index (κ3) is 4.20. The second-order valence-electron chi connectivity index (χ2n) is 10.8. The van der Waals surface area contributed by atoms with Gasteiger partial charge >= 0.3 is 0 Å². The molecule has 34 heavy (non-hydrogen) atoms. The van der Waals surface area contributed by atoms with Crippen LogP contribution in [0.3, 0.4) is 0 Å². The van der Waals surface area contributed by atoms with E-state index in [1.165, 1.54) is 0 Å². The first-order valence-electron chi connectivity index (χ1n) is 11.6. The van der Waals surface area contributed by atoms with Crippen LogP contribution in [-0.4, -0.2) is 40.3 Å². The molecule has 1 aliphatic carbocycles. The smallest absolute Gasteiger partial charge is 0.272 e. The number of benzene rings is 2. The normalized spacial score (nSPS) is 23.2. The third-order valence-corrected chi connectivity index (χ3v) is 7.86. The lowest BCUT2D eigenvalue weighted by molar-refractivity contribution is 0.0699. The van der Waals surface area contributed by atoms with Crippen molar-refractivity contribution in [3.05, 3.63) is 64.3 Å². The summed E-state index contributed by atoms with van der Waals surface area (Å²) < 4.78 is 7.08. The van der Waals surface area contributed by atoms with Crippen molar-refractivity contribution in [2.24, 2.45) is 10.8 Å². The predicted octanol–water partition coefficient (Wildman–Crippen LogP) is 6.90. The van der Waals surface area contributed by atoms with E-state index in [1.54, 1.807) is 23.9 Å². The Morgan fingerprint density at radius 3 is 2.59 bits per heavy atom. The Labute approximate surface area is 210 Å². The number of amides is 1. The Hall–Kier alpha value is -2.50. The number of carbonyl (C=O) groups excluding carboxylic acids is 1. The first-order valence-corrected chi connectivity index (χ1v) is 12.3. The molecule has 2 fully saturated rings. The van der Waals surface area contributed by atoms with Crippen molar-refractivity contribution >= 4 is 29.1 Å². The lowest BCUT2D eigenvalue weighted by Crippen LogP contribution is -2.38. The van der Waals surface area contributed by atoms with Crippen molar-refractivity contribution < 1.29 is 9.53 Å². The molecule has 2 bridgehead atoms. The minimum absolute atomic E-state index is 0.000793. The first-order chi connectivity index (χ1) is 16.1.